The number of rotatable bonds is 0. The molecule has 4 aliphatic rings. The Bertz CT molecular complexity index is 735. The van der Waals surface area contributed by atoms with Crippen LogP contribution in [0.3, 0.4) is 0 Å². The van der Waals surface area contributed by atoms with Gasteiger partial charge < -0.3 is 0 Å². The minimum atomic E-state index is -0.174. The van der Waals surface area contributed by atoms with Crippen molar-refractivity contribution in [3.63, 3.8) is 0 Å². The molecule has 5 heteroatoms. The molecule has 0 aromatic carbocycles. The molecule has 4 nitrogen and oxygen atoms in total. The Hall–Kier alpha value is -1.70. The zero-order valence-corrected chi connectivity index (χ0v) is 19.0. The van der Waals surface area contributed by atoms with E-state index in [1.165, 1.54) is 0 Å². The maximum Gasteiger partial charge on any atom is 0.156 e. The van der Waals surface area contributed by atoms with E-state index in [1.807, 2.05) is 24.3 Å². The van der Waals surface area contributed by atoms with Gasteiger partial charge in [-0.25, -0.2) is 0 Å². The second-order valence-corrected chi connectivity index (χ2v) is 9.58. The van der Waals surface area contributed by atoms with Gasteiger partial charge >= 0.3 is 0 Å². The Morgan fingerprint density at radius 3 is 0.828 bits per heavy atom. The quantitative estimate of drug-likeness (QED) is 0.483. The number of hydrogen-bond acceptors (Lipinski definition) is 4. The fraction of sp³-hybridized carbons (Fsp3) is 0.500. The van der Waals surface area contributed by atoms with Crippen molar-refractivity contribution in [3.05, 3.63) is 48.6 Å². The van der Waals surface area contributed by atoms with Crippen molar-refractivity contribution < 1.29 is 39.6 Å². The van der Waals surface area contributed by atoms with Gasteiger partial charge in [-0.2, -0.15) is 0 Å². The maximum absolute atomic E-state index is 11.3. The minimum Gasteiger partial charge on any atom is -0.295 e. The summed E-state index contributed by atoms with van der Waals surface area (Å²) in [6, 6.07) is 0. The third kappa shape index (κ3) is 4.27. The first kappa shape index (κ1) is 23.6. The van der Waals surface area contributed by atoms with Crippen LogP contribution in [-0.2, 0) is 39.6 Å². The van der Waals surface area contributed by atoms with Crippen LogP contribution in [0.15, 0.2) is 48.6 Å². The number of hydrogen-bond donors (Lipinski definition) is 0. The van der Waals surface area contributed by atoms with Crippen LogP contribution in [0.25, 0.3) is 0 Å². The average Bonchev–Trinajstić information content (AvgIpc) is 2.59. The normalized spacial score (nSPS) is 39.9. The standard InChI is InChI=1S/2C12H14O2.Pd/c2*1-11-5-3-10(14)8-12(11,2)6-4-9(13)7-11;/h2*3-6H,7-8H2,1-2H3;/t2*11-,12-;/m00./s1. The van der Waals surface area contributed by atoms with E-state index in [9.17, 15) is 19.2 Å². The Labute approximate surface area is 186 Å². The molecule has 0 aromatic rings. The molecule has 158 valence electrons. The molecule has 0 bridgehead atoms. The van der Waals surface area contributed by atoms with Crippen LogP contribution in [-0.4, -0.2) is 23.1 Å². The molecule has 0 radical (unpaired) electrons. The summed E-state index contributed by atoms with van der Waals surface area (Å²) in [7, 11) is 0. The monoisotopic (exact) mass is 486 g/mol. The largest absolute Gasteiger partial charge is 0.295 e. The topological polar surface area (TPSA) is 68.3 Å². The zero-order chi connectivity index (χ0) is 20.8. The van der Waals surface area contributed by atoms with Gasteiger partial charge in [0.05, 0.1) is 0 Å². The molecule has 29 heavy (non-hydrogen) atoms. The molecule has 0 aromatic heterocycles. The Morgan fingerprint density at radius 1 is 0.483 bits per heavy atom. The summed E-state index contributed by atoms with van der Waals surface area (Å²) >= 11 is 0. The summed E-state index contributed by atoms with van der Waals surface area (Å²) < 4.78 is 0. The van der Waals surface area contributed by atoms with E-state index in [0.29, 0.717) is 25.7 Å². The molecule has 0 heterocycles. The van der Waals surface area contributed by atoms with Crippen LogP contribution in [0.2, 0.25) is 0 Å². The van der Waals surface area contributed by atoms with E-state index in [0.717, 1.165) is 0 Å². The van der Waals surface area contributed by atoms with Crippen LogP contribution in [0.1, 0.15) is 53.4 Å². The molecule has 4 rings (SSSR count). The maximum atomic E-state index is 11.3. The average molecular weight is 487 g/mol. The van der Waals surface area contributed by atoms with Gasteiger partial charge in [-0.3, -0.25) is 19.2 Å². The number of carbonyl (C=O) groups is 4. The van der Waals surface area contributed by atoms with Gasteiger partial charge in [0.1, 0.15) is 0 Å². The van der Waals surface area contributed by atoms with Gasteiger partial charge in [0.25, 0.3) is 0 Å². The van der Waals surface area contributed by atoms with E-state index in [4.69, 9.17) is 0 Å². The molecule has 0 spiro atoms. The predicted octanol–water partition coefficient (Wildman–Crippen LogP) is 4.11. The summed E-state index contributed by atoms with van der Waals surface area (Å²) in [5.41, 5.74) is -0.695. The van der Waals surface area contributed by atoms with E-state index in [1.54, 1.807) is 24.3 Å². The van der Waals surface area contributed by atoms with Crippen molar-refractivity contribution >= 4 is 23.1 Å². The molecule has 4 aliphatic carbocycles. The molecule has 0 fully saturated rings. The van der Waals surface area contributed by atoms with Crippen molar-refractivity contribution in [1.29, 1.82) is 0 Å². The smallest absolute Gasteiger partial charge is 0.156 e. The van der Waals surface area contributed by atoms with E-state index in [-0.39, 0.29) is 65.2 Å². The number of allylic oxidation sites excluding steroid dienone is 8. The van der Waals surface area contributed by atoms with Gasteiger partial charge in [0.15, 0.2) is 23.1 Å². The first-order valence-corrected chi connectivity index (χ1v) is 9.79. The molecule has 0 unspecified atom stereocenters. The minimum absolute atomic E-state index is 0. The molecule has 0 aliphatic heterocycles. The molecule has 0 saturated carbocycles. The molecule has 0 N–H and O–H groups in total. The predicted molar refractivity (Wildman–Crippen MR) is 107 cm³/mol. The number of carbonyl (C=O) groups excluding carboxylic acids is 4. The Balaban J connectivity index is 0.000000200. The first-order chi connectivity index (χ1) is 12.9. The van der Waals surface area contributed by atoms with Gasteiger partial charge in [-0.1, -0.05) is 52.0 Å². The van der Waals surface area contributed by atoms with Crippen molar-refractivity contribution in [1.82, 2.24) is 0 Å². The van der Waals surface area contributed by atoms with Gasteiger partial charge in [0.2, 0.25) is 0 Å². The SMILES string of the molecule is C[C@@]12C=CC(=O)C[C@]1(C)C=CC(=O)C2.C[C@@]12C=CC(=O)C[C@]1(C)C=CC(=O)C2.[Pd]. The summed E-state index contributed by atoms with van der Waals surface area (Å²) in [6.07, 6.45) is 16.2. The second-order valence-electron chi connectivity index (χ2n) is 9.58. The number of ketones is 4. The fourth-order valence-corrected chi connectivity index (χ4v) is 4.60. The molecular formula is C24H28O4Pd. The molecule has 0 saturated heterocycles. The van der Waals surface area contributed by atoms with Gasteiger partial charge in [0, 0.05) is 67.8 Å². The van der Waals surface area contributed by atoms with Crippen molar-refractivity contribution in [2.45, 2.75) is 53.4 Å². The fourth-order valence-electron chi connectivity index (χ4n) is 4.60. The summed E-state index contributed by atoms with van der Waals surface area (Å²) in [5.74, 6) is 0.626. The third-order valence-electron chi connectivity index (χ3n) is 7.32. The zero-order valence-electron chi connectivity index (χ0n) is 17.4. The van der Waals surface area contributed by atoms with Crippen LogP contribution < -0.4 is 0 Å². The Morgan fingerprint density at radius 2 is 0.655 bits per heavy atom. The van der Waals surface area contributed by atoms with Crippen molar-refractivity contribution in [2.24, 2.45) is 21.7 Å². The molecular weight excluding hydrogens is 459 g/mol. The van der Waals surface area contributed by atoms with Crippen molar-refractivity contribution in [2.75, 3.05) is 0 Å². The first-order valence-electron chi connectivity index (χ1n) is 9.79. The summed E-state index contributed by atoms with van der Waals surface area (Å²) in [6.45, 7) is 8.21. The summed E-state index contributed by atoms with van der Waals surface area (Å²) in [5, 5.41) is 0. The second kappa shape index (κ2) is 7.85. The van der Waals surface area contributed by atoms with E-state index in [2.05, 4.69) is 27.7 Å². The van der Waals surface area contributed by atoms with Gasteiger partial charge in [-0.15, -0.1) is 0 Å². The van der Waals surface area contributed by atoms with Crippen LogP contribution >= 0.6 is 0 Å². The van der Waals surface area contributed by atoms with Crippen LogP contribution in [0.5, 0.6) is 0 Å². The molecule has 0 amide bonds. The van der Waals surface area contributed by atoms with Gasteiger partial charge in [-0.05, 0) is 24.3 Å². The van der Waals surface area contributed by atoms with E-state index >= 15 is 0 Å². The Kier molecular flexibility index (Phi) is 6.39. The number of fused-ring (bicyclic) bond motifs is 2. The molecule has 4 atom stereocenters. The van der Waals surface area contributed by atoms with E-state index < -0.39 is 0 Å². The van der Waals surface area contributed by atoms with Crippen LogP contribution in [0.4, 0.5) is 0 Å². The van der Waals surface area contributed by atoms with Crippen molar-refractivity contribution in [3.8, 4) is 0 Å². The third-order valence-corrected chi connectivity index (χ3v) is 7.32. The van der Waals surface area contributed by atoms with Crippen LogP contribution in [0, 0.1) is 21.7 Å². The summed E-state index contributed by atoms with van der Waals surface area (Å²) in [4.78, 5) is 45.4.